The summed E-state index contributed by atoms with van der Waals surface area (Å²) in [5.74, 6) is 0. The minimum atomic E-state index is 0.481. The van der Waals surface area contributed by atoms with Crippen LogP contribution in [0.1, 0.15) is 11.3 Å². The molecule has 0 spiro atoms. The molecule has 0 aliphatic rings. The maximum Gasteiger partial charge on any atom is 0.137 e. The molecule has 0 saturated heterocycles. The highest BCUT2D eigenvalue weighted by atomic mass is 15.0. The van der Waals surface area contributed by atoms with E-state index in [0.717, 1.165) is 11.3 Å². The number of benzene rings is 1. The van der Waals surface area contributed by atoms with E-state index in [0.29, 0.717) is 6.54 Å². The molecule has 3 aromatic rings. The van der Waals surface area contributed by atoms with E-state index in [9.17, 15) is 0 Å². The Morgan fingerprint density at radius 3 is 2.94 bits per heavy atom. The van der Waals surface area contributed by atoms with Gasteiger partial charge in [-0.2, -0.15) is 0 Å². The van der Waals surface area contributed by atoms with E-state index >= 15 is 0 Å². The summed E-state index contributed by atoms with van der Waals surface area (Å²) in [7, 11) is 0. The zero-order chi connectivity index (χ0) is 11.1. The predicted octanol–water partition coefficient (Wildman–Crippen LogP) is 2.25. The first-order valence-electron chi connectivity index (χ1n) is 5.35. The lowest BCUT2D eigenvalue weighted by molar-refractivity contribution is 1.02. The fraction of sp³-hybridized carbons (Fsp3) is 0.154. The van der Waals surface area contributed by atoms with E-state index in [4.69, 9.17) is 5.73 Å². The summed E-state index contributed by atoms with van der Waals surface area (Å²) in [6.07, 6.45) is 2.01. The van der Waals surface area contributed by atoms with E-state index < -0.39 is 0 Å². The van der Waals surface area contributed by atoms with Gasteiger partial charge >= 0.3 is 0 Å². The number of nitrogens with zero attached hydrogens (tertiary/aromatic N) is 2. The molecule has 3 nitrogen and oxygen atoms in total. The molecule has 1 aromatic carbocycles. The van der Waals surface area contributed by atoms with Gasteiger partial charge in [0.25, 0.3) is 0 Å². The number of aryl methyl sites for hydroxylation is 1. The third kappa shape index (κ3) is 1.29. The molecule has 0 saturated carbocycles. The first kappa shape index (κ1) is 9.36. The van der Waals surface area contributed by atoms with Gasteiger partial charge < -0.3 is 5.73 Å². The summed E-state index contributed by atoms with van der Waals surface area (Å²) >= 11 is 0. The van der Waals surface area contributed by atoms with Gasteiger partial charge in [-0.25, -0.2) is 4.98 Å². The van der Waals surface area contributed by atoms with Crippen LogP contribution in [0.15, 0.2) is 36.5 Å². The van der Waals surface area contributed by atoms with Gasteiger partial charge in [-0.05, 0) is 36.6 Å². The van der Waals surface area contributed by atoms with Gasteiger partial charge in [0.15, 0.2) is 0 Å². The summed E-state index contributed by atoms with van der Waals surface area (Å²) in [5, 5.41) is 1.23. The maximum absolute atomic E-state index is 5.61. The van der Waals surface area contributed by atoms with Crippen LogP contribution in [-0.4, -0.2) is 9.38 Å². The number of fused-ring (bicyclic) bond motifs is 3. The lowest BCUT2D eigenvalue weighted by atomic mass is 10.1. The second-order valence-corrected chi connectivity index (χ2v) is 4.06. The highest BCUT2D eigenvalue weighted by Gasteiger charge is 2.03. The number of nitrogens with two attached hydrogens (primary N) is 1. The number of hydrogen-bond acceptors (Lipinski definition) is 2. The lowest BCUT2D eigenvalue weighted by Gasteiger charge is -2.02. The molecule has 2 N–H and O–H groups in total. The molecular formula is C13H13N3. The molecule has 16 heavy (non-hydrogen) atoms. The molecule has 0 aliphatic heterocycles. The van der Waals surface area contributed by atoms with Gasteiger partial charge in [-0.15, -0.1) is 0 Å². The second-order valence-electron chi connectivity index (χ2n) is 4.06. The Balaban J connectivity index is 2.43. The molecule has 0 radical (unpaired) electrons. The summed E-state index contributed by atoms with van der Waals surface area (Å²) in [6, 6.07) is 10.5. The highest BCUT2D eigenvalue weighted by Crippen LogP contribution is 2.18. The van der Waals surface area contributed by atoms with E-state index in [-0.39, 0.29) is 0 Å². The Kier molecular flexibility index (Phi) is 1.94. The van der Waals surface area contributed by atoms with E-state index in [1.807, 2.05) is 12.3 Å². The summed E-state index contributed by atoms with van der Waals surface area (Å²) in [5.41, 5.74) is 9.93. The van der Waals surface area contributed by atoms with Crippen LogP contribution in [0.4, 0.5) is 0 Å². The summed E-state index contributed by atoms with van der Waals surface area (Å²) in [6.45, 7) is 2.58. The van der Waals surface area contributed by atoms with Gasteiger partial charge in [0.2, 0.25) is 0 Å². The Hall–Kier alpha value is -1.87. The number of aromatic nitrogens is 2. The molecule has 3 rings (SSSR count). The molecule has 3 heteroatoms. The van der Waals surface area contributed by atoms with Crippen molar-refractivity contribution in [1.29, 1.82) is 0 Å². The van der Waals surface area contributed by atoms with Crippen LogP contribution >= 0.6 is 0 Å². The molecule has 2 heterocycles. The van der Waals surface area contributed by atoms with Crippen LogP contribution in [0.25, 0.3) is 16.6 Å². The normalized spacial score (nSPS) is 11.4. The van der Waals surface area contributed by atoms with Crippen molar-refractivity contribution in [3.05, 3.63) is 47.8 Å². The molecule has 80 valence electrons. The van der Waals surface area contributed by atoms with Crippen molar-refractivity contribution in [2.45, 2.75) is 13.5 Å². The van der Waals surface area contributed by atoms with Crippen molar-refractivity contribution in [3.63, 3.8) is 0 Å². The van der Waals surface area contributed by atoms with Crippen molar-refractivity contribution >= 4 is 16.6 Å². The van der Waals surface area contributed by atoms with Crippen LogP contribution in [-0.2, 0) is 6.54 Å². The third-order valence-corrected chi connectivity index (χ3v) is 2.85. The van der Waals surface area contributed by atoms with Crippen molar-refractivity contribution in [2.24, 2.45) is 5.73 Å². The topological polar surface area (TPSA) is 43.3 Å². The largest absolute Gasteiger partial charge is 0.325 e. The Morgan fingerprint density at radius 2 is 2.12 bits per heavy atom. The van der Waals surface area contributed by atoms with Crippen molar-refractivity contribution in [3.8, 4) is 0 Å². The Labute approximate surface area is 93.5 Å². The average molecular weight is 211 g/mol. The standard InChI is InChI=1S/C13H13N3/c1-9-2-4-12-10(6-9)3-5-13-15-11(7-14)8-16(12)13/h2-6,8H,7,14H2,1H3. The monoisotopic (exact) mass is 211 g/mol. The van der Waals surface area contributed by atoms with E-state index in [2.05, 4.69) is 40.6 Å². The average Bonchev–Trinajstić information content (AvgIpc) is 2.71. The van der Waals surface area contributed by atoms with Gasteiger partial charge in [-0.1, -0.05) is 11.6 Å². The number of hydrogen-bond donors (Lipinski definition) is 1. The number of pyridine rings is 1. The van der Waals surface area contributed by atoms with E-state index in [1.54, 1.807) is 0 Å². The molecule has 0 amide bonds. The van der Waals surface area contributed by atoms with Crippen molar-refractivity contribution < 1.29 is 0 Å². The molecule has 0 fully saturated rings. The fourth-order valence-corrected chi connectivity index (χ4v) is 2.05. The smallest absolute Gasteiger partial charge is 0.137 e. The fourth-order valence-electron chi connectivity index (χ4n) is 2.05. The minimum Gasteiger partial charge on any atom is -0.325 e. The Bertz CT molecular complexity index is 667. The van der Waals surface area contributed by atoms with Crippen LogP contribution < -0.4 is 5.73 Å². The summed E-state index contributed by atoms with van der Waals surface area (Å²) in [4.78, 5) is 4.44. The second kappa shape index (κ2) is 3.32. The van der Waals surface area contributed by atoms with E-state index in [1.165, 1.54) is 16.5 Å². The minimum absolute atomic E-state index is 0.481. The molecular weight excluding hydrogens is 198 g/mol. The molecule has 0 unspecified atom stereocenters. The van der Waals surface area contributed by atoms with Gasteiger partial charge in [0, 0.05) is 12.7 Å². The maximum atomic E-state index is 5.61. The quantitative estimate of drug-likeness (QED) is 0.671. The van der Waals surface area contributed by atoms with Crippen LogP contribution in [0.3, 0.4) is 0 Å². The molecule has 0 aliphatic carbocycles. The zero-order valence-electron chi connectivity index (χ0n) is 9.14. The van der Waals surface area contributed by atoms with Crippen LogP contribution in [0.5, 0.6) is 0 Å². The summed E-state index contributed by atoms with van der Waals surface area (Å²) < 4.78 is 2.09. The van der Waals surface area contributed by atoms with Gasteiger partial charge in [0.1, 0.15) is 5.65 Å². The zero-order valence-corrected chi connectivity index (χ0v) is 9.14. The van der Waals surface area contributed by atoms with Crippen LogP contribution in [0, 0.1) is 6.92 Å². The Morgan fingerprint density at radius 1 is 1.25 bits per heavy atom. The predicted molar refractivity (Wildman–Crippen MR) is 65.3 cm³/mol. The number of rotatable bonds is 1. The number of imidazole rings is 1. The molecule has 0 bridgehead atoms. The first-order valence-corrected chi connectivity index (χ1v) is 5.35. The van der Waals surface area contributed by atoms with Gasteiger partial charge in [0.05, 0.1) is 11.2 Å². The van der Waals surface area contributed by atoms with Gasteiger partial charge in [-0.3, -0.25) is 4.40 Å². The third-order valence-electron chi connectivity index (χ3n) is 2.85. The van der Waals surface area contributed by atoms with Crippen LogP contribution in [0.2, 0.25) is 0 Å². The molecule has 2 aromatic heterocycles. The first-order chi connectivity index (χ1) is 7.78. The van der Waals surface area contributed by atoms with Crippen molar-refractivity contribution in [2.75, 3.05) is 0 Å². The van der Waals surface area contributed by atoms with Crippen molar-refractivity contribution in [1.82, 2.24) is 9.38 Å². The SMILES string of the molecule is Cc1ccc2c(ccc3nc(CN)cn32)c1. The molecule has 0 atom stereocenters. The highest BCUT2D eigenvalue weighted by molar-refractivity contribution is 5.82. The lowest BCUT2D eigenvalue weighted by Crippen LogP contribution is -1.95.